The van der Waals surface area contributed by atoms with Gasteiger partial charge in [0.15, 0.2) is 0 Å². The minimum absolute atomic E-state index is 0.0296. The predicted octanol–water partition coefficient (Wildman–Crippen LogP) is 2.04. The van der Waals surface area contributed by atoms with Gasteiger partial charge >= 0.3 is 0 Å². The summed E-state index contributed by atoms with van der Waals surface area (Å²) in [6, 6.07) is 9.71. The fourth-order valence-electron chi connectivity index (χ4n) is 2.07. The van der Waals surface area contributed by atoms with Gasteiger partial charge in [0.1, 0.15) is 4.47 Å². The Morgan fingerprint density at radius 1 is 1.38 bits per heavy atom. The molecule has 0 amide bonds. The molecule has 1 aromatic heterocycles. The molecule has 2 rings (SSSR count). The normalized spacial score (nSPS) is 12.1. The minimum atomic E-state index is -0.182. The van der Waals surface area contributed by atoms with E-state index in [0.29, 0.717) is 23.1 Å². The first-order valence-electron chi connectivity index (χ1n) is 6.82. The van der Waals surface area contributed by atoms with Crippen LogP contribution in [0.25, 0.3) is 0 Å². The van der Waals surface area contributed by atoms with Gasteiger partial charge in [-0.15, -0.1) is 0 Å². The van der Waals surface area contributed by atoms with Gasteiger partial charge in [-0.25, -0.2) is 4.68 Å². The van der Waals surface area contributed by atoms with Crippen LogP contribution in [0, 0.1) is 0 Å². The molecule has 0 aliphatic heterocycles. The van der Waals surface area contributed by atoms with Crippen LogP contribution >= 0.6 is 15.9 Å². The van der Waals surface area contributed by atoms with Crippen LogP contribution in [0.2, 0.25) is 0 Å². The van der Waals surface area contributed by atoms with Crippen LogP contribution < -0.4 is 10.9 Å². The first-order chi connectivity index (χ1) is 10.2. The van der Waals surface area contributed by atoms with Crippen molar-refractivity contribution in [2.75, 3.05) is 11.9 Å². The molecule has 0 aliphatic carbocycles. The van der Waals surface area contributed by atoms with E-state index in [1.54, 1.807) is 6.20 Å². The number of aliphatic hydroxyl groups is 1. The SMILES string of the molecule is CCn1ncc(NC(CO)Cc2ccccc2)c(Br)c1=O. The van der Waals surface area contributed by atoms with Crippen LogP contribution in [0.15, 0.2) is 45.8 Å². The average Bonchev–Trinajstić information content (AvgIpc) is 2.52. The van der Waals surface area contributed by atoms with Gasteiger partial charge in [-0.2, -0.15) is 5.10 Å². The van der Waals surface area contributed by atoms with Crippen molar-refractivity contribution in [3.8, 4) is 0 Å². The summed E-state index contributed by atoms with van der Waals surface area (Å²) in [5.41, 5.74) is 1.54. The summed E-state index contributed by atoms with van der Waals surface area (Å²) in [6.45, 7) is 2.35. The number of hydrogen-bond donors (Lipinski definition) is 2. The fraction of sp³-hybridized carbons (Fsp3) is 0.333. The summed E-state index contributed by atoms with van der Waals surface area (Å²) in [7, 11) is 0. The number of aromatic nitrogens is 2. The van der Waals surface area contributed by atoms with Crippen molar-refractivity contribution < 1.29 is 5.11 Å². The van der Waals surface area contributed by atoms with E-state index < -0.39 is 0 Å². The molecule has 1 aromatic carbocycles. The summed E-state index contributed by atoms with van der Waals surface area (Å²) in [6.07, 6.45) is 2.27. The minimum Gasteiger partial charge on any atom is -0.394 e. The average molecular weight is 352 g/mol. The van der Waals surface area contributed by atoms with Gasteiger partial charge in [0.05, 0.1) is 24.5 Å². The smallest absolute Gasteiger partial charge is 0.283 e. The lowest BCUT2D eigenvalue weighted by Gasteiger charge is -2.18. The van der Waals surface area contributed by atoms with Gasteiger partial charge in [-0.3, -0.25) is 4.79 Å². The highest BCUT2D eigenvalue weighted by Crippen LogP contribution is 2.18. The largest absolute Gasteiger partial charge is 0.394 e. The van der Waals surface area contributed by atoms with Gasteiger partial charge in [-0.05, 0) is 34.8 Å². The summed E-state index contributed by atoms with van der Waals surface area (Å²) < 4.78 is 1.81. The molecule has 2 N–H and O–H groups in total. The second kappa shape index (κ2) is 7.38. The lowest BCUT2D eigenvalue weighted by molar-refractivity contribution is 0.273. The molecular weight excluding hydrogens is 334 g/mol. The van der Waals surface area contributed by atoms with Gasteiger partial charge in [0, 0.05) is 6.54 Å². The first kappa shape index (κ1) is 15.7. The molecular formula is C15H18BrN3O2. The summed E-state index contributed by atoms with van der Waals surface area (Å²) >= 11 is 3.30. The number of nitrogens with zero attached hydrogens (tertiary/aromatic N) is 2. The van der Waals surface area contributed by atoms with E-state index >= 15 is 0 Å². The second-order valence-electron chi connectivity index (χ2n) is 4.71. The Morgan fingerprint density at radius 3 is 2.71 bits per heavy atom. The van der Waals surface area contributed by atoms with E-state index in [9.17, 15) is 9.90 Å². The number of halogens is 1. The molecule has 21 heavy (non-hydrogen) atoms. The highest BCUT2D eigenvalue weighted by molar-refractivity contribution is 9.10. The van der Waals surface area contributed by atoms with Gasteiger partial charge < -0.3 is 10.4 Å². The number of benzene rings is 1. The Bertz CT molecular complexity index is 643. The van der Waals surface area contributed by atoms with Crippen molar-refractivity contribution in [3.63, 3.8) is 0 Å². The van der Waals surface area contributed by atoms with Crippen LogP contribution in [0.4, 0.5) is 5.69 Å². The number of hydrogen-bond acceptors (Lipinski definition) is 4. The molecule has 1 atom stereocenters. The van der Waals surface area contributed by atoms with Crippen LogP contribution in [0.3, 0.4) is 0 Å². The molecule has 0 bridgehead atoms. The van der Waals surface area contributed by atoms with E-state index in [2.05, 4.69) is 26.3 Å². The molecule has 1 heterocycles. The molecule has 0 aliphatic rings. The van der Waals surface area contributed by atoms with Gasteiger partial charge in [0.2, 0.25) is 0 Å². The van der Waals surface area contributed by atoms with Crippen molar-refractivity contribution in [3.05, 3.63) is 56.9 Å². The van der Waals surface area contributed by atoms with Crippen molar-refractivity contribution in [2.24, 2.45) is 0 Å². The number of anilines is 1. The van der Waals surface area contributed by atoms with E-state index in [1.807, 2.05) is 37.3 Å². The molecule has 0 radical (unpaired) electrons. The van der Waals surface area contributed by atoms with E-state index in [4.69, 9.17) is 0 Å². The van der Waals surface area contributed by atoms with Crippen molar-refractivity contribution in [2.45, 2.75) is 25.9 Å². The van der Waals surface area contributed by atoms with Crippen LogP contribution in [-0.2, 0) is 13.0 Å². The standard InChI is InChI=1S/C15H18BrN3O2/c1-2-19-15(21)14(16)13(9-17-19)18-12(10-20)8-11-6-4-3-5-7-11/h3-7,9,12,18,20H,2,8,10H2,1H3. The Balaban J connectivity index is 2.16. The highest BCUT2D eigenvalue weighted by Gasteiger charge is 2.13. The van der Waals surface area contributed by atoms with Crippen LogP contribution in [-0.4, -0.2) is 27.5 Å². The van der Waals surface area contributed by atoms with E-state index in [-0.39, 0.29) is 18.2 Å². The maximum atomic E-state index is 12.0. The number of nitrogens with one attached hydrogen (secondary N) is 1. The first-order valence-corrected chi connectivity index (χ1v) is 7.62. The molecule has 2 aromatic rings. The number of aliphatic hydroxyl groups excluding tert-OH is 1. The summed E-state index contributed by atoms with van der Waals surface area (Å²) in [5, 5.41) is 16.8. The molecule has 5 nitrogen and oxygen atoms in total. The molecule has 0 saturated carbocycles. The quantitative estimate of drug-likeness (QED) is 0.835. The molecule has 112 valence electrons. The maximum Gasteiger partial charge on any atom is 0.283 e. The van der Waals surface area contributed by atoms with Crippen molar-refractivity contribution >= 4 is 21.6 Å². The van der Waals surface area contributed by atoms with Crippen molar-refractivity contribution in [1.29, 1.82) is 0 Å². The fourth-order valence-corrected chi connectivity index (χ4v) is 2.49. The third-order valence-electron chi connectivity index (χ3n) is 3.19. The predicted molar refractivity (Wildman–Crippen MR) is 86.5 cm³/mol. The van der Waals surface area contributed by atoms with Gasteiger partial charge in [-0.1, -0.05) is 30.3 Å². The Kier molecular flexibility index (Phi) is 5.52. The summed E-state index contributed by atoms with van der Waals surface area (Å²) in [4.78, 5) is 12.0. The number of rotatable bonds is 6. The monoisotopic (exact) mass is 351 g/mol. The lowest BCUT2D eigenvalue weighted by Crippen LogP contribution is -2.29. The van der Waals surface area contributed by atoms with Crippen LogP contribution in [0.1, 0.15) is 12.5 Å². The zero-order chi connectivity index (χ0) is 15.2. The van der Waals surface area contributed by atoms with E-state index in [1.165, 1.54) is 4.68 Å². The zero-order valence-electron chi connectivity index (χ0n) is 11.8. The van der Waals surface area contributed by atoms with Gasteiger partial charge in [0.25, 0.3) is 5.56 Å². The Hall–Kier alpha value is -1.66. The topological polar surface area (TPSA) is 67.2 Å². The Morgan fingerprint density at radius 2 is 2.10 bits per heavy atom. The number of aryl methyl sites for hydroxylation is 1. The third kappa shape index (κ3) is 3.92. The maximum absolute atomic E-state index is 12.0. The molecule has 0 saturated heterocycles. The Labute approximate surface area is 131 Å². The van der Waals surface area contributed by atoms with Crippen LogP contribution in [0.5, 0.6) is 0 Å². The highest BCUT2D eigenvalue weighted by atomic mass is 79.9. The van der Waals surface area contributed by atoms with E-state index in [0.717, 1.165) is 5.56 Å². The molecule has 0 fully saturated rings. The molecule has 6 heteroatoms. The second-order valence-corrected chi connectivity index (χ2v) is 5.50. The zero-order valence-corrected chi connectivity index (χ0v) is 13.4. The molecule has 0 spiro atoms. The third-order valence-corrected chi connectivity index (χ3v) is 3.96. The van der Waals surface area contributed by atoms with Crippen molar-refractivity contribution in [1.82, 2.24) is 9.78 Å². The lowest BCUT2D eigenvalue weighted by atomic mass is 10.1. The summed E-state index contributed by atoms with van der Waals surface area (Å²) in [5.74, 6) is 0. The molecule has 1 unspecified atom stereocenters.